The van der Waals surface area contributed by atoms with Crippen molar-refractivity contribution in [2.24, 2.45) is 5.92 Å². The van der Waals surface area contributed by atoms with E-state index >= 15 is 0 Å². The van der Waals surface area contributed by atoms with Gasteiger partial charge in [0.25, 0.3) is 0 Å². The van der Waals surface area contributed by atoms with E-state index in [9.17, 15) is 9.18 Å². The van der Waals surface area contributed by atoms with Crippen LogP contribution in [0, 0.1) is 11.7 Å². The third-order valence-electron chi connectivity index (χ3n) is 4.72. The number of benzene rings is 2. The fraction of sp³-hybridized carbons (Fsp3) is 0.238. The van der Waals surface area contributed by atoms with Crippen LogP contribution in [0.1, 0.15) is 31.5 Å². The van der Waals surface area contributed by atoms with Gasteiger partial charge in [0.1, 0.15) is 23.0 Å². The number of halogens is 2. The van der Waals surface area contributed by atoms with Crippen LogP contribution < -0.4 is 5.32 Å². The van der Waals surface area contributed by atoms with Crippen molar-refractivity contribution in [1.29, 1.82) is 0 Å². The van der Waals surface area contributed by atoms with E-state index in [4.69, 9.17) is 16.0 Å². The number of furan rings is 1. The van der Waals surface area contributed by atoms with Gasteiger partial charge >= 0.3 is 0 Å². The van der Waals surface area contributed by atoms with Gasteiger partial charge in [-0.15, -0.1) is 0 Å². The Bertz CT molecular complexity index is 1170. The molecule has 144 valence electrons. The first kappa shape index (κ1) is 18.5. The van der Waals surface area contributed by atoms with Crippen LogP contribution in [0.5, 0.6) is 0 Å². The SMILES string of the molecule is C[C@@H](Cc1nc2ccc(Cl)cc2[nH]1)C(=O)N[C@H](C)c1cc2cc(F)ccc2o1. The summed E-state index contributed by atoms with van der Waals surface area (Å²) in [4.78, 5) is 20.3. The van der Waals surface area contributed by atoms with Gasteiger partial charge in [0.15, 0.2) is 0 Å². The summed E-state index contributed by atoms with van der Waals surface area (Å²) in [6.07, 6.45) is 0.468. The first-order valence-corrected chi connectivity index (χ1v) is 9.40. The highest BCUT2D eigenvalue weighted by Crippen LogP contribution is 2.25. The van der Waals surface area contributed by atoms with Gasteiger partial charge < -0.3 is 14.7 Å². The maximum absolute atomic E-state index is 13.3. The molecule has 0 saturated carbocycles. The van der Waals surface area contributed by atoms with E-state index in [1.165, 1.54) is 12.1 Å². The molecule has 2 aromatic carbocycles. The number of rotatable bonds is 5. The lowest BCUT2D eigenvalue weighted by Gasteiger charge is -2.15. The number of aromatic nitrogens is 2. The van der Waals surface area contributed by atoms with Crippen LogP contribution >= 0.6 is 11.6 Å². The maximum atomic E-state index is 13.3. The molecule has 0 saturated heterocycles. The molecule has 28 heavy (non-hydrogen) atoms. The molecule has 2 heterocycles. The zero-order chi connectivity index (χ0) is 19.8. The number of carbonyl (C=O) groups excluding carboxylic acids is 1. The first-order chi connectivity index (χ1) is 13.4. The van der Waals surface area contributed by atoms with Crippen LogP contribution in [0.3, 0.4) is 0 Å². The van der Waals surface area contributed by atoms with Crippen LogP contribution in [0.15, 0.2) is 46.9 Å². The molecule has 0 radical (unpaired) electrons. The molecule has 2 N–H and O–H groups in total. The maximum Gasteiger partial charge on any atom is 0.223 e. The van der Waals surface area contributed by atoms with Gasteiger partial charge in [-0.1, -0.05) is 18.5 Å². The van der Waals surface area contributed by atoms with Crippen molar-refractivity contribution in [3.05, 3.63) is 64.9 Å². The summed E-state index contributed by atoms with van der Waals surface area (Å²) in [6, 6.07) is 11.2. The van der Waals surface area contributed by atoms with E-state index in [0.29, 0.717) is 28.2 Å². The summed E-state index contributed by atoms with van der Waals surface area (Å²) in [7, 11) is 0. The second-order valence-corrected chi connectivity index (χ2v) is 7.45. The normalized spacial score (nSPS) is 13.7. The molecular weight excluding hydrogens is 381 g/mol. The summed E-state index contributed by atoms with van der Waals surface area (Å²) in [5, 5.41) is 4.25. The second-order valence-electron chi connectivity index (χ2n) is 7.01. The lowest BCUT2D eigenvalue weighted by atomic mass is 10.1. The van der Waals surface area contributed by atoms with Gasteiger partial charge in [0.05, 0.1) is 17.1 Å². The van der Waals surface area contributed by atoms with E-state index in [0.717, 1.165) is 16.9 Å². The smallest absolute Gasteiger partial charge is 0.223 e. The van der Waals surface area contributed by atoms with Crippen LogP contribution in [0.2, 0.25) is 5.02 Å². The summed E-state index contributed by atoms with van der Waals surface area (Å²) < 4.78 is 19.1. The summed E-state index contributed by atoms with van der Waals surface area (Å²) in [6.45, 7) is 3.68. The van der Waals surface area contributed by atoms with E-state index in [1.807, 2.05) is 26.0 Å². The van der Waals surface area contributed by atoms with Crippen LogP contribution in [-0.4, -0.2) is 15.9 Å². The number of H-pyrrole nitrogens is 1. The number of hydrogen-bond donors (Lipinski definition) is 2. The van der Waals surface area contributed by atoms with Crippen molar-refractivity contribution >= 4 is 39.5 Å². The molecule has 0 aliphatic rings. The molecule has 5 nitrogen and oxygen atoms in total. The average molecular weight is 400 g/mol. The van der Waals surface area contributed by atoms with Crippen molar-refractivity contribution in [2.45, 2.75) is 26.3 Å². The molecule has 4 aromatic rings. The molecule has 0 fully saturated rings. The van der Waals surface area contributed by atoms with Crippen LogP contribution in [0.25, 0.3) is 22.0 Å². The van der Waals surface area contributed by atoms with Crippen LogP contribution in [0.4, 0.5) is 4.39 Å². The van der Waals surface area contributed by atoms with Crippen molar-refractivity contribution < 1.29 is 13.6 Å². The van der Waals surface area contributed by atoms with Gasteiger partial charge in [0.2, 0.25) is 5.91 Å². The zero-order valence-electron chi connectivity index (χ0n) is 15.4. The molecule has 0 aliphatic carbocycles. The highest BCUT2D eigenvalue weighted by Gasteiger charge is 2.20. The highest BCUT2D eigenvalue weighted by atomic mass is 35.5. The number of nitrogens with zero attached hydrogens (tertiary/aromatic N) is 1. The van der Waals surface area contributed by atoms with Crippen molar-refractivity contribution in [3.8, 4) is 0 Å². The lowest BCUT2D eigenvalue weighted by molar-refractivity contribution is -0.125. The van der Waals surface area contributed by atoms with Gasteiger partial charge in [-0.3, -0.25) is 4.79 Å². The molecular formula is C21H19ClFN3O2. The topological polar surface area (TPSA) is 70.9 Å². The molecule has 0 spiro atoms. The molecule has 0 unspecified atom stereocenters. The predicted molar refractivity (Wildman–Crippen MR) is 107 cm³/mol. The minimum Gasteiger partial charge on any atom is -0.459 e. The molecule has 0 aliphatic heterocycles. The minimum absolute atomic E-state index is 0.113. The number of nitrogens with one attached hydrogen (secondary N) is 2. The van der Waals surface area contributed by atoms with Gasteiger partial charge in [0, 0.05) is 22.7 Å². The summed E-state index contributed by atoms with van der Waals surface area (Å²) >= 11 is 6.00. The molecule has 2 atom stereocenters. The number of fused-ring (bicyclic) bond motifs is 2. The molecule has 7 heteroatoms. The lowest BCUT2D eigenvalue weighted by Crippen LogP contribution is -2.32. The Morgan fingerprint density at radius 3 is 2.89 bits per heavy atom. The van der Waals surface area contributed by atoms with E-state index < -0.39 is 0 Å². The molecule has 1 amide bonds. The fourth-order valence-corrected chi connectivity index (χ4v) is 3.36. The van der Waals surface area contributed by atoms with Crippen molar-refractivity contribution in [3.63, 3.8) is 0 Å². The largest absolute Gasteiger partial charge is 0.459 e. The minimum atomic E-state index is -0.333. The van der Waals surface area contributed by atoms with Crippen LogP contribution in [-0.2, 0) is 11.2 Å². The third kappa shape index (κ3) is 3.73. The van der Waals surface area contributed by atoms with Crippen molar-refractivity contribution in [1.82, 2.24) is 15.3 Å². The molecule has 2 aromatic heterocycles. The van der Waals surface area contributed by atoms with Gasteiger partial charge in [-0.25, -0.2) is 9.37 Å². The number of amides is 1. The number of aromatic amines is 1. The number of hydrogen-bond acceptors (Lipinski definition) is 3. The van der Waals surface area contributed by atoms with Crippen molar-refractivity contribution in [2.75, 3.05) is 0 Å². The summed E-state index contributed by atoms with van der Waals surface area (Å²) in [5.74, 6) is 0.585. The molecule has 4 rings (SSSR count). The van der Waals surface area contributed by atoms with E-state index in [-0.39, 0.29) is 23.7 Å². The third-order valence-corrected chi connectivity index (χ3v) is 4.96. The van der Waals surface area contributed by atoms with E-state index in [1.54, 1.807) is 18.2 Å². The Morgan fingerprint density at radius 1 is 1.25 bits per heavy atom. The summed E-state index contributed by atoms with van der Waals surface area (Å²) in [5.41, 5.74) is 2.25. The number of carbonyl (C=O) groups is 1. The zero-order valence-corrected chi connectivity index (χ0v) is 16.2. The number of imidazole rings is 1. The average Bonchev–Trinajstić information content (AvgIpc) is 3.24. The second kappa shape index (κ2) is 7.28. The Hall–Kier alpha value is -2.86. The Balaban J connectivity index is 1.43. The molecule has 0 bridgehead atoms. The Morgan fingerprint density at radius 2 is 2.07 bits per heavy atom. The highest BCUT2D eigenvalue weighted by molar-refractivity contribution is 6.31. The predicted octanol–water partition coefficient (Wildman–Crippen LogP) is 5.16. The van der Waals surface area contributed by atoms with Gasteiger partial charge in [-0.05, 0) is 49.4 Å². The standard InChI is InChI=1S/C21H19ClFN3O2/c1-11(7-20-25-16-5-3-14(22)10-17(16)26-20)21(27)24-12(2)19-9-13-8-15(23)4-6-18(13)28-19/h3-6,8-12H,7H2,1-2H3,(H,24,27)(H,25,26)/t11-,12+/m0/s1. The monoisotopic (exact) mass is 399 g/mol. The first-order valence-electron chi connectivity index (χ1n) is 9.02. The van der Waals surface area contributed by atoms with Gasteiger partial charge in [-0.2, -0.15) is 0 Å². The Labute approximate surface area is 165 Å². The Kier molecular flexibility index (Phi) is 4.81. The van der Waals surface area contributed by atoms with E-state index in [2.05, 4.69) is 15.3 Å². The fourth-order valence-electron chi connectivity index (χ4n) is 3.19. The quantitative estimate of drug-likeness (QED) is 0.487.